The van der Waals surface area contributed by atoms with Crippen LogP contribution >= 0.6 is 0 Å². The third-order valence-corrected chi connectivity index (χ3v) is 7.68. The SMILES string of the molecule is CC[C@H](C)[C@@H]([C@@H](CC(=O)OC(C)(C)C)OC)N(C)C(=O)[C@@H](NC(=O)C(C(C)C)N(C)CCN1C(=O)C=CC1=O)C(C)C. The molecule has 11 nitrogen and oxygen atoms in total. The molecule has 0 aromatic carbocycles. The Hall–Kier alpha value is -2.79. The number of amides is 4. The third kappa shape index (κ3) is 10.5. The molecule has 0 spiro atoms. The van der Waals surface area contributed by atoms with Gasteiger partial charge in [-0.3, -0.25) is 33.8 Å². The summed E-state index contributed by atoms with van der Waals surface area (Å²) in [5.74, 6) is -2.09. The molecular weight excluding hydrogens is 540 g/mol. The second kappa shape index (κ2) is 16.2. The van der Waals surface area contributed by atoms with E-state index in [1.165, 1.54) is 19.3 Å². The maximum Gasteiger partial charge on any atom is 0.309 e. The monoisotopic (exact) mass is 594 g/mol. The highest BCUT2D eigenvalue weighted by Crippen LogP contribution is 2.24. The van der Waals surface area contributed by atoms with Crippen LogP contribution in [0.3, 0.4) is 0 Å². The predicted octanol–water partition coefficient (Wildman–Crippen LogP) is 2.63. The maximum atomic E-state index is 14.0. The summed E-state index contributed by atoms with van der Waals surface area (Å²) in [7, 11) is 4.97. The van der Waals surface area contributed by atoms with Crippen LogP contribution in [0.15, 0.2) is 12.2 Å². The van der Waals surface area contributed by atoms with Crippen LogP contribution in [0.4, 0.5) is 0 Å². The maximum absolute atomic E-state index is 14.0. The fraction of sp³-hybridized carbons (Fsp3) is 0.774. The van der Waals surface area contributed by atoms with E-state index in [4.69, 9.17) is 9.47 Å². The van der Waals surface area contributed by atoms with Crippen molar-refractivity contribution in [3.63, 3.8) is 0 Å². The van der Waals surface area contributed by atoms with Crippen LogP contribution in [-0.2, 0) is 33.4 Å². The number of hydrogen-bond acceptors (Lipinski definition) is 8. The Morgan fingerprint density at radius 3 is 1.95 bits per heavy atom. The van der Waals surface area contributed by atoms with E-state index in [9.17, 15) is 24.0 Å². The van der Waals surface area contributed by atoms with Gasteiger partial charge in [0.2, 0.25) is 11.8 Å². The molecular formula is C31H54N4O7. The van der Waals surface area contributed by atoms with Gasteiger partial charge in [0.15, 0.2) is 0 Å². The zero-order chi connectivity index (χ0) is 32.5. The van der Waals surface area contributed by atoms with Crippen molar-refractivity contribution in [3.05, 3.63) is 12.2 Å². The summed E-state index contributed by atoms with van der Waals surface area (Å²) < 4.78 is 11.3. The summed E-state index contributed by atoms with van der Waals surface area (Å²) in [4.78, 5) is 68.8. The van der Waals surface area contributed by atoms with Crippen molar-refractivity contribution in [2.45, 2.75) is 105 Å². The molecule has 0 aromatic heterocycles. The minimum Gasteiger partial charge on any atom is -0.460 e. The van der Waals surface area contributed by atoms with Gasteiger partial charge in [-0.15, -0.1) is 0 Å². The number of rotatable bonds is 16. The first kappa shape index (κ1) is 37.2. The van der Waals surface area contributed by atoms with Gasteiger partial charge >= 0.3 is 5.97 Å². The number of nitrogens with one attached hydrogen (secondary N) is 1. The largest absolute Gasteiger partial charge is 0.460 e. The van der Waals surface area contributed by atoms with Gasteiger partial charge in [-0.25, -0.2) is 0 Å². The molecule has 1 heterocycles. The first-order valence-corrected chi connectivity index (χ1v) is 14.9. The molecule has 1 rings (SSSR count). The van der Waals surface area contributed by atoms with Gasteiger partial charge in [-0.2, -0.15) is 0 Å². The lowest BCUT2D eigenvalue weighted by atomic mass is 9.90. The summed E-state index contributed by atoms with van der Waals surface area (Å²) in [5, 5.41) is 2.98. The van der Waals surface area contributed by atoms with Crippen molar-refractivity contribution < 1.29 is 33.4 Å². The van der Waals surface area contributed by atoms with Crippen molar-refractivity contribution >= 4 is 29.6 Å². The number of carbonyl (C=O) groups excluding carboxylic acids is 5. The quantitative estimate of drug-likeness (QED) is 0.214. The molecule has 1 N–H and O–H groups in total. The van der Waals surface area contributed by atoms with Crippen LogP contribution < -0.4 is 5.32 Å². The Labute approximate surface area is 252 Å². The van der Waals surface area contributed by atoms with E-state index < -0.39 is 35.8 Å². The lowest BCUT2D eigenvalue weighted by Gasteiger charge is -2.40. The van der Waals surface area contributed by atoms with Crippen LogP contribution in [0.25, 0.3) is 0 Å². The minimum absolute atomic E-state index is 0.00473. The predicted molar refractivity (Wildman–Crippen MR) is 161 cm³/mol. The highest BCUT2D eigenvalue weighted by molar-refractivity contribution is 6.12. The van der Waals surface area contributed by atoms with Crippen LogP contribution in [-0.4, -0.2) is 108 Å². The molecule has 1 unspecified atom stereocenters. The zero-order valence-corrected chi connectivity index (χ0v) is 27.7. The molecule has 0 radical (unpaired) electrons. The van der Waals surface area contributed by atoms with Crippen LogP contribution in [0.2, 0.25) is 0 Å². The first-order valence-electron chi connectivity index (χ1n) is 14.9. The number of hydrogen-bond donors (Lipinski definition) is 1. The molecule has 5 atom stereocenters. The Morgan fingerprint density at radius 2 is 1.52 bits per heavy atom. The fourth-order valence-electron chi connectivity index (χ4n) is 5.31. The number of nitrogens with zero attached hydrogens (tertiary/aromatic N) is 3. The molecule has 1 aliphatic heterocycles. The van der Waals surface area contributed by atoms with Crippen molar-refractivity contribution in [2.75, 3.05) is 34.3 Å². The normalized spacial score (nSPS) is 17.5. The van der Waals surface area contributed by atoms with Gasteiger partial charge in [-0.05, 0) is 45.6 Å². The minimum atomic E-state index is -0.825. The summed E-state index contributed by atoms with van der Waals surface area (Å²) in [6.07, 6.45) is 2.59. The van der Waals surface area contributed by atoms with E-state index in [2.05, 4.69) is 5.32 Å². The van der Waals surface area contributed by atoms with Gasteiger partial charge < -0.3 is 19.7 Å². The highest BCUT2D eigenvalue weighted by Gasteiger charge is 2.39. The van der Waals surface area contributed by atoms with E-state index in [0.29, 0.717) is 6.54 Å². The van der Waals surface area contributed by atoms with E-state index in [1.54, 1.807) is 44.7 Å². The average molecular weight is 595 g/mol. The van der Waals surface area contributed by atoms with Crippen molar-refractivity contribution in [2.24, 2.45) is 17.8 Å². The molecule has 11 heteroatoms. The zero-order valence-electron chi connectivity index (χ0n) is 27.7. The van der Waals surface area contributed by atoms with Crippen molar-refractivity contribution in [1.29, 1.82) is 0 Å². The smallest absolute Gasteiger partial charge is 0.309 e. The van der Waals surface area contributed by atoms with E-state index in [1.807, 2.05) is 41.5 Å². The average Bonchev–Trinajstić information content (AvgIpc) is 3.19. The fourth-order valence-corrected chi connectivity index (χ4v) is 5.31. The topological polar surface area (TPSA) is 126 Å². The molecule has 0 saturated heterocycles. The summed E-state index contributed by atoms with van der Waals surface area (Å²) in [5.41, 5.74) is -0.646. The highest BCUT2D eigenvalue weighted by atomic mass is 16.6. The Kier molecular flexibility index (Phi) is 14.3. The Bertz CT molecular complexity index is 970. The van der Waals surface area contributed by atoms with Gasteiger partial charge in [0, 0.05) is 39.4 Å². The van der Waals surface area contributed by atoms with Crippen molar-refractivity contribution in [1.82, 2.24) is 20.0 Å². The van der Waals surface area contributed by atoms with Crippen LogP contribution in [0.1, 0.15) is 75.2 Å². The number of imide groups is 1. The molecule has 0 aromatic rings. The van der Waals surface area contributed by atoms with Crippen LogP contribution in [0.5, 0.6) is 0 Å². The van der Waals surface area contributed by atoms with E-state index >= 15 is 0 Å². The lowest BCUT2D eigenvalue weighted by molar-refractivity contribution is -0.161. The molecule has 4 amide bonds. The molecule has 240 valence electrons. The second-order valence-electron chi connectivity index (χ2n) is 13.0. The molecule has 0 fully saturated rings. The molecule has 42 heavy (non-hydrogen) atoms. The number of carbonyl (C=O) groups is 5. The number of ether oxygens (including phenoxy) is 2. The molecule has 0 saturated carbocycles. The summed E-state index contributed by atoms with van der Waals surface area (Å²) in [6, 6.07) is -1.87. The number of methoxy groups -OCH3 is 1. The lowest BCUT2D eigenvalue weighted by Crippen LogP contribution is -2.60. The van der Waals surface area contributed by atoms with E-state index in [0.717, 1.165) is 11.3 Å². The van der Waals surface area contributed by atoms with Crippen LogP contribution in [0, 0.1) is 17.8 Å². The van der Waals surface area contributed by atoms with E-state index in [-0.39, 0.29) is 54.3 Å². The first-order chi connectivity index (χ1) is 19.4. The standard InChI is InChI=1S/C31H54N4O7/c1-13-21(6)28(22(41-12)18-25(38)42-31(7,8)9)34(11)30(40)26(19(2)3)32-29(39)27(20(4)5)33(10)16-17-35-23(36)14-15-24(35)37/h14-15,19-22,26-28H,13,16-18H2,1-12H3,(H,32,39)/t21-,22+,26-,27?,28-/m0/s1. The third-order valence-electron chi connectivity index (χ3n) is 7.68. The molecule has 0 aliphatic carbocycles. The van der Waals surface area contributed by atoms with Gasteiger partial charge in [0.25, 0.3) is 11.8 Å². The van der Waals surface area contributed by atoms with Gasteiger partial charge in [-0.1, -0.05) is 48.0 Å². The Balaban J connectivity index is 3.14. The van der Waals surface area contributed by atoms with Gasteiger partial charge in [0.05, 0.1) is 24.6 Å². The second-order valence-corrected chi connectivity index (χ2v) is 13.0. The summed E-state index contributed by atoms with van der Waals surface area (Å²) in [6.45, 7) is 17.4. The van der Waals surface area contributed by atoms with Gasteiger partial charge in [0.1, 0.15) is 11.6 Å². The van der Waals surface area contributed by atoms with Crippen molar-refractivity contribution in [3.8, 4) is 0 Å². The summed E-state index contributed by atoms with van der Waals surface area (Å²) >= 11 is 0. The Morgan fingerprint density at radius 1 is 0.976 bits per heavy atom. The molecule has 0 bridgehead atoms. The number of likely N-dealkylation sites (N-methyl/N-ethyl adjacent to an activating group) is 2. The number of esters is 1. The molecule has 1 aliphatic rings.